The van der Waals surface area contributed by atoms with Crippen LogP contribution in [0.5, 0.6) is 0 Å². The van der Waals surface area contributed by atoms with E-state index in [2.05, 4.69) is 10.3 Å². The fraction of sp³-hybridized carbons (Fsp3) is 0.125. The van der Waals surface area contributed by atoms with E-state index in [0.717, 1.165) is 0 Å². The van der Waals surface area contributed by atoms with Gasteiger partial charge in [-0.15, -0.1) is 0 Å². The largest absolute Gasteiger partial charge is 0.480 e. The maximum atomic E-state index is 11.3. The number of nitrogens with one attached hydrogen (secondary N) is 1. The van der Waals surface area contributed by atoms with Crippen LogP contribution >= 0.6 is 11.6 Å². The minimum Gasteiger partial charge on any atom is -0.480 e. The standard InChI is InChI=1S/C8H7ClN2O3/c9-6-3-10-2-1-5(6)8(14)11-4-7(12)13/h1-3H,4H2,(H,11,14)(H,12,13). The molecule has 0 aliphatic rings. The molecule has 0 aliphatic heterocycles. The van der Waals surface area contributed by atoms with E-state index in [1.54, 1.807) is 0 Å². The van der Waals surface area contributed by atoms with Crippen molar-refractivity contribution in [2.24, 2.45) is 0 Å². The molecule has 0 bridgehead atoms. The quantitative estimate of drug-likeness (QED) is 0.770. The van der Waals surface area contributed by atoms with Gasteiger partial charge in [0.2, 0.25) is 0 Å². The molecule has 5 nitrogen and oxygen atoms in total. The van der Waals surface area contributed by atoms with Gasteiger partial charge in [0, 0.05) is 12.4 Å². The van der Waals surface area contributed by atoms with Crippen LogP contribution in [0.2, 0.25) is 5.02 Å². The number of nitrogens with zero attached hydrogens (tertiary/aromatic N) is 1. The predicted octanol–water partition coefficient (Wildman–Crippen LogP) is 0.549. The van der Waals surface area contributed by atoms with Gasteiger partial charge in [-0.1, -0.05) is 11.6 Å². The van der Waals surface area contributed by atoms with Crippen LogP contribution in [0.15, 0.2) is 18.5 Å². The average Bonchev–Trinajstić information content (AvgIpc) is 2.15. The second-order valence-corrected chi connectivity index (χ2v) is 2.84. The lowest BCUT2D eigenvalue weighted by Crippen LogP contribution is -2.29. The van der Waals surface area contributed by atoms with Crippen molar-refractivity contribution in [3.05, 3.63) is 29.0 Å². The van der Waals surface area contributed by atoms with Gasteiger partial charge >= 0.3 is 5.97 Å². The van der Waals surface area contributed by atoms with Gasteiger partial charge < -0.3 is 10.4 Å². The summed E-state index contributed by atoms with van der Waals surface area (Å²) in [6.07, 6.45) is 2.72. The molecule has 2 N–H and O–H groups in total. The number of carboxylic acid groups (broad SMARTS) is 1. The van der Waals surface area contributed by atoms with Gasteiger partial charge in [0.25, 0.3) is 5.91 Å². The third-order valence-electron chi connectivity index (χ3n) is 1.42. The van der Waals surface area contributed by atoms with Crippen LogP contribution < -0.4 is 5.32 Å². The van der Waals surface area contributed by atoms with Gasteiger partial charge in [-0.2, -0.15) is 0 Å². The van der Waals surface area contributed by atoms with Crippen LogP contribution in [0.4, 0.5) is 0 Å². The molecule has 6 heteroatoms. The molecule has 0 atom stereocenters. The molecular formula is C8H7ClN2O3. The number of rotatable bonds is 3. The maximum absolute atomic E-state index is 11.3. The molecular weight excluding hydrogens is 208 g/mol. The molecule has 1 heterocycles. The lowest BCUT2D eigenvalue weighted by atomic mass is 10.2. The first-order valence-electron chi connectivity index (χ1n) is 3.71. The Kier molecular flexibility index (Phi) is 3.41. The second-order valence-electron chi connectivity index (χ2n) is 2.43. The van der Waals surface area contributed by atoms with Crippen molar-refractivity contribution in [1.82, 2.24) is 10.3 Å². The highest BCUT2D eigenvalue weighted by Crippen LogP contribution is 2.12. The SMILES string of the molecule is O=C(O)CNC(=O)c1ccncc1Cl. The van der Waals surface area contributed by atoms with Crippen LogP contribution in [0.1, 0.15) is 10.4 Å². The second kappa shape index (κ2) is 4.57. The van der Waals surface area contributed by atoms with E-state index in [1.165, 1.54) is 18.5 Å². The fourth-order valence-electron chi connectivity index (χ4n) is 0.810. The molecule has 14 heavy (non-hydrogen) atoms. The summed E-state index contributed by atoms with van der Waals surface area (Å²) in [5.41, 5.74) is 0.211. The molecule has 74 valence electrons. The van der Waals surface area contributed by atoms with E-state index in [1.807, 2.05) is 0 Å². The van der Waals surface area contributed by atoms with E-state index in [9.17, 15) is 9.59 Å². The Labute approximate surface area is 84.7 Å². The number of aromatic nitrogens is 1. The molecule has 0 fully saturated rings. The lowest BCUT2D eigenvalue weighted by Gasteiger charge is -2.02. The monoisotopic (exact) mass is 214 g/mol. The highest BCUT2D eigenvalue weighted by molar-refractivity contribution is 6.33. The number of carboxylic acids is 1. The summed E-state index contributed by atoms with van der Waals surface area (Å²) in [4.78, 5) is 25.1. The summed E-state index contributed by atoms with van der Waals surface area (Å²) in [7, 11) is 0. The zero-order valence-electron chi connectivity index (χ0n) is 7.03. The average molecular weight is 215 g/mol. The molecule has 0 aliphatic carbocycles. The summed E-state index contributed by atoms with van der Waals surface area (Å²) in [6.45, 7) is -0.433. The van der Waals surface area contributed by atoms with E-state index >= 15 is 0 Å². The predicted molar refractivity (Wildman–Crippen MR) is 49.2 cm³/mol. The Morgan fingerprint density at radius 2 is 2.29 bits per heavy atom. The first-order valence-corrected chi connectivity index (χ1v) is 4.08. The van der Waals surface area contributed by atoms with E-state index in [0.29, 0.717) is 0 Å². The van der Waals surface area contributed by atoms with Crippen LogP contribution in [0, 0.1) is 0 Å². The van der Waals surface area contributed by atoms with Gasteiger partial charge in [0.05, 0.1) is 10.6 Å². The van der Waals surface area contributed by atoms with E-state index in [-0.39, 0.29) is 10.6 Å². The number of aliphatic carboxylic acids is 1. The summed E-state index contributed by atoms with van der Waals surface area (Å²) >= 11 is 5.66. The summed E-state index contributed by atoms with van der Waals surface area (Å²) in [5, 5.41) is 10.7. The lowest BCUT2D eigenvalue weighted by molar-refractivity contribution is -0.135. The molecule has 1 rings (SSSR count). The van der Waals surface area contributed by atoms with Crippen molar-refractivity contribution < 1.29 is 14.7 Å². The highest BCUT2D eigenvalue weighted by Gasteiger charge is 2.10. The number of pyridine rings is 1. The Hall–Kier alpha value is -1.62. The normalized spacial score (nSPS) is 9.50. The van der Waals surface area contributed by atoms with Gasteiger partial charge in [-0.25, -0.2) is 0 Å². The molecule has 1 amide bonds. The molecule has 1 aromatic rings. The van der Waals surface area contributed by atoms with Gasteiger partial charge in [-0.05, 0) is 6.07 Å². The topological polar surface area (TPSA) is 79.3 Å². The van der Waals surface area contributed by atoms with Crippen LogP contribution in [-0.4, -0.2) is 28.5 Å². The van der Waals surface area contributed by atoms with E-state index < -0.39 is 18.4 Å². The minimum atomic E-state index is -1.11. The fourth-order valence-corrected chi connectivity index (χ4v) is 1.02. The number of carbonyl (C=O) groups excluding carboxylic acids is 1. The number of halogens is 1. The molecule has 0 radical (unpaired) electrons. The number of hydrogen-bond donors (Lipinski definition) is 2. The molecule has 0 aromatic carbocycles. The Balaban J connectivity index is 2.70. The van der Waals surface area contributed by atoms with Crippen molar-refractivity contribution in [1.29, 1.82) is 0 Å². The van der Waals surface area contributed by atoms with Gasteiger partial charge in [-0.3, -0.25) is 14.6 Å². The minimum absolute atomic E-state index is 0.190. The molecule has 0 saturated carbocycles. The third-order valence-corrected chi connectivity index (χ3v) is 1.72. The summed E-state index contributed by atoms with van der Waals surface area (Å²) in [5.74, 6) is -1.64. The summed E-state index contributed by atoms with van der Waals surface area (Å²) < 4.78 is 0. The first-order chi connectivity index (χ1) is 6.61. The molecule has 0 unspecified atom stereocenters. The Bertz CT molecular complexity index is 367. The van der Waals surface area contributed by atoms with Crippen molar-refractivity contribution in [2.75, 3.05) is 6.54 Å². The number of hydrogen-bond acceptors (Lipinski definition) is 3. The van der Waals surface area contributed by atoms with Crippen LogP contribution in [-0.2, 0) is 4.79 Å². The van der Waals surface area contributed by atoms with Crippen molar-refractivity contribution in [2.45, 2.75) is 0 Å². The Morgan fingerprint density at radius 1 is 1.57 bits per heavy atom. The molecule has 0 spiro atoms. The first kappa shape index (κ1) is 10.5. The summed E-state index contributed by atoms with van der Waals surface area (Å²) in [6, 6.07) is 1.42. The number of amides is 1. The third kappa shape index (κ3) is 2.70. The Morgan fingerprint density at radius 3 is 2.86 bits per heavy atom. The smallest absolute Gasteiger partial charge is 0.322 e. The van der Waals surface area contributed by atoms with Crippen LogP contribution in [0.3, 0.4) is 0 Å². The zero-order chi connectivity index (χ0) is 10.6. The van der Waals surface area contributed by atoms with E-state index in [4.69, 9.17) is 16.7 Å². The molecule has 1 aromatic heterocycles. The molecule has 0 saturated heterocycles. The highest BCUT2D eigenvalue weighted by atomic mass is 35.5. The van der Waals surface area contributed by atoms with Gasteiger partial charge in [0.15, 0.2) is 0 Å². The van der Waals surface area contributed by atoms with Crippen molar-refractivity contribution >= 4 is 23.5 Å². The van der Waals surface area contributed by atoms with Gasteiger partial charge in [0.1, 0.15) is 6.54 Å². The van der Waals surface area contributed by atoms with Crippen molar-refractivity contribution in [3.8, 4) is 0 Å². The maximum Gasteiger partial charge on any atom is 0.322 e. The van der Waals surface area contributed by atoms with Crippen LogP contribution in [0.25, 0.3) is 0 Å². The zero-order valence-corrected chi connectivity index (χ0v) is 7.78. The van der Waals surface area contributed by atoms with Crippen molar-refractivity contribution in [3.63, 3.8) is 0 Å². The number of carbonyl (C=O) groups is 2.